The summed E-state index contributed by atoms with van der Waals surface area (Å²) in [4.78, 5) is 27.5. The summed E-state index contributed by atoms with van der Waals surface area (Å²) in [5.74, 6) is 0.982. The molecule has 0 N–H and O–H groups in total. The summed E-state index contributed by atoms with van der Waals surface area (Å²) < 4.78 is 6.12. The minimum Gasteiger partial charge on any atom is -0.474 e. The molecule has 0 saturated carbocycles. The van der Waals surface area contributed by atoms with Gasteiger partial charge in [-0.05, 0) is 37.6 Å². The maximum absolute atomic E-state index is 13.2. The highest BCUT2D eigenvalue weighted by Crippen LogP contribution is 2.38. The molecule has 1 aromatic carbocycles. The summed E-state index contributed by atoms with van der Waals surface area (Å²) in [7, 11) is 0. The van der Waals surface area contributed by atoms with Crippen molar-refractivity contribution in [2.24, 2.45) is 5.92 Å². The number of ether oxygens (including phenoxy) is 1. The van der Waals surface area contributed by atoms with Crippen LogP contribution in [-0.2, 0) is 0 Å². The van der Waals surface area contributed by atoms with E-state index in [1.807, 2.05) is 19.1 Å². The average molecular weight is 492 g/mol. The largest absolute Gasteiger partial charge is 0.474 e. The van der Waals surface area contributed by atoms with Crippen LogP contribution in [0.4, 0.5) is 0 Å². The van der Waals surface area contributed by atoms with Gasteiger partial charge in [0.2, 0.25) is 5.88 Å². The summed E-state index contributed by atoms with van der Waals surface area (Å²) in [6.07, 6.45) is 4.44. The summed E-state index contributed by atoms with van der Waals surface area (Å²) in [6.45, 7) is 4.78. The fraction of sp³-hybridized carbons (Fsp3) is 0.304. The first-order valence-electron chi connectivity index (χ1n) is 10.1. The van der Waals surface area contributed by atoms with Gasteiger partial charge < -0.3 is 9.64 Å². The van der Waals surface area contributed by atoms with Gasteiger partial charge in [0.1, 0.15) is 11.9 Å². The Kier molecular flexibility index (Phi) is 6.84. The second-order valence-corrected chi connectivity index (χ2v) is 9.06. The topological polar surface area (TPSA) is 68.2 Å². The average Bonchev–Trinajstić information content (AvgIpc) is 3.23. The van der Waals surface area contributed by atoms with Crippen molar-refractivity contribution in [1.29, 1.82) is 0 Å². The molecule has 1 saturated heterocycles. The van der Waals surface area contributed by atoms with E-state index in [0.29, 0.717) is 45.4 Å². The molecule has 2 aromatic heterocycles. The Labute approximate surface area is 201 Å². The van der Waals surface area contributed by atoms with Gasteiger partial charge >= 0.3 is 0 Å². The molecule has 1 aliphatic heterocycles. The summed E-state index contributed by atoms with van der Waals surface area (Å²) in [6, 6.07) is 9.05. The van der Waals surface area contributed by atoms with Crippen molar-refractivity contribution >= 4 is 40.7 Å². The SMILES string of the molecule is Cc1ncc(C(=O)N2C[C@@H]([C@@H](C)Oc3ccc(Cl)cn3)[C@H](c3ccc(Cl)c(Cl)c3)C2)cn1. The Balaban J connectivity index is 1.61. The van der Waals surface area contributed by atoms with Crippen molar-refractivity contribution in [3.63, 3.8) is 0 Å². The Hall–Kier alpha value is -2.41. The molecule has 0 bridgehead atoms. The third-order valence-corrected chi connectivity index (χ3v) is 6.62. The molecular weight excluding hydrogens is 471 g/mol. The zero-order valence-corrected chi connectivity index (χ0v) is 19.8. The molecule has 0 spiro atoms. The molecule has 6 nitrogen and oxygen atoms in total. The van der Waals surface area contributed by atoms with Crippen LogP contribution in [0.3, 0.4) is 0 Å². The van der Waals surface area contributed by atoms with Gasteiger partial charge in [0.25, 0.3) is 5.91 Å². The molecule has 9 heteroatoms. The smallest absolute Gasteiger partial charge is 0.257 e. The van der Waals surface area contributed by atoms with E-state index in [9.17, 15) is 4.79 Å². The van der Waals surface area contributed by atoms with Crippen molar-refractivity contribution in [3.05, 3.63) is 80.9 Å². The van der Waals surface area contributed by atoms with Gasteiger partial charge in [-0.1, -0.05) is 40.9 Å². The standard InChI is InChI=1S/C23H21Cl3N4O2/c1-13(32-22-6-4-17(24)10-29-22)18-11-30(23(31)16-8-27-14(2)28-9-16)12-19(18)15-3-5-20(25)21(26)7-15/h3-10,13,18-19H,11-12H2,1-2H3/t13-,18+,19+/m1/s1. The highest BCUT2D eigenvalue weighted by molar-refractivity contribution is 6.42. The summed E-state index contributed by atoms with van der Waals surface area (Å²) in [5, 5.41) is 1.51. The molecule has 166 valence electrons. The van der Waals surface area contributed by atoms with Gasteiger partial charge in [-0.2, -0.15) is 0 Å². The molecule has 1 aliphatic rings. The summed E-state index contributed by atoms with van der Waals surface area (Å²) in [5.41, 5.74) is 1.46. The third kappa shape index (κ3) is 4.98. The van der Waals surface area contributed by atoms with E-state index in [-0.39, 0.29) is 23.8 Å². The Morgan fingerprint density at radius 1 is 1.03 bits per heavy atom. The van der Waals surface area contributed by atoms with E-state index >= 15 is 0 Å². The first-order chi connectivity index (χ1) is 15.3. The minimum atomic E-state index is -0.227. The molecule has 1 amide bonds. The van der Waals surface area contributed by atoms with E-state index in [0.717, 1.165) is 5.56 Å². The lowest BCUT2D eigenvalue weighted by Gasteiger charge is -2.25. The molecule has 3 atom stereocenters. The quantitative estimate of drug-likeness (QED) is 0.474. The normalized spacial score (nSPS) is 19.1. The molecular formula is C23H21Cl3N4O2. The number of benzene rings is 1. The van der Waals surface area contributed by atoms with Gasteiger partial charge in [0.05, 0.1) is 20.6 Å². The van der Waals surface area contributed by atoms with Crippen molar-refractivity contribution in [3.8, 4) is 5.88 Å². The lowest BCUT2D eigenvalue weighted by molar-refractivity contribution is 0.0769. The van der Waals surface area contributed by atoms with Crippen molar-refractivity contribution in [1.82, 2.24) is 19.9 Å². The highest BCUT2D eigenvalue weighted by atomic mass is 35.5. The lowest BCUT2D eigenvalue weighted by Crippen LogP contribution is -2.32. The molecule has 32 heavy (non-hydrogen) atoms. The third-order valence-electron chi connectivity index (χ3n) is 5.66. The second kappa shape index (κ2) is 9.61. The van der Waals surface area contributed by atoms with Crippen LogP contribution < -0.4 is 4.74 Å². The van der Waals surface area contributed by atoms with Crippen LogP contribution in [0, 0.1) is 12.8 Å². The number of amides is 1. The number of carbonyl (C=O) groups excluding carboxylic acids is 1. The summed E-state index contributed by atoms with van der Waals surface area (Å²) >= 11 is 18.3. The van der Waals surface area contributed by atoms with Crippen molar-refractivity contribution < 1.29 is 9.53 Å². The fourth-order valence-corrected chi connectivity index (χ4v) is 4.38. The van der Waals surface area contributed by atoms with Crippen LogP contribution >= 0.6 is 34.8 Å². The van der Waals surface area contributed by atoms with Crippen LogP contribution in [-0.4, -0.2) is 45.0 Å². The van der Waals surface area contributed by atoms with Crippen molar-refractivity contribution in [2.75, 3.05) is 13.1 Å². The van der Waals surface area contributed by atoms with Gasteiger partial charge in [0, 0.05) is 49.6 Å². The predicted octanol–water partition coefficient (Wildman–Crippen LogP) is 5.46. The first-order valence-corrected chi connectivity index (χ1v) is 11.3. The minimum absolute atomic E-state index is 0.0000342. The molecule has 3 heterocycles. The number of hydrogen-bond acceptors (Lipinski definition) is 5. The van der Waals surface area contributed by atoms with E-state index in [4.69, 9.17) is 39.5 Å². The predicted molar refractivity (Wildman–Crippen MR) is 125 cm³/mol. The highest BCUT2D eigenvalue weighted by Gasteiger charge is 2.40. The number of nitrogens with zero attached hydrogens (tertiary/aromatic N) is 4. The van der Waals surface area contributed by atoms with Crippen LogP contribution in [0.2, 0.25) is 15.1 Å². The number of halogens is 3. The maximum atomic E-state index is 13.2. The zero-order valence-electron chi connectivity index (χ0n) is 17.5. The monoisotopic (exact) mass is 490 g/mol. The molecule has 1 fully saturated rings. The van der Waals surface area contributed by atoms with Crippen molar-refractivity contribution in [2.45, 2.75) is 25.9 Å². The van der Waals surface area contributed by atoms with Crippen LogP contribution in [0.1, 0.15) is 34.6 Å². The van der Waals surface area contributed by atoms with Gasteiger partial charge in [0.15, 0.2) is 0 Å². The Morgan fingerprint density at radius 3 is 2.44 bits per heavy atom. The Morgan fingerprint density at radius 2 is 1.78 bits per heavy atom. The van der Waals surface area contributed by atoms with E-state index in [1.54, 1.807) is 48.6 Å². The molecule has 0 unspecified atom stereocenters. The number of carbonyl (C=O) groups is 1. The van der Waals surface area contributed by atoms with E-state index in [2.05, 4.69) is 15.0 Å². The fourth-order valence-electron chi connectivity index (χ4n) is 3.96. The zero-order chi connectivity index (χ0) is 22.8. The van der Waals surface area contributed by atoms with Crippen LogP contribution in [0.5, 0.6) is 5.88 Å². The maximum Gasteiger partial charge on any atom is 0.257 e. The first kappa shape index (κ1) is 22.8. The van der Waals surface area contributed by atoms with Crippen LogP contribution in [0.25, 0.3) is 0 Å². The number of likely N-dealkylation sites (tertiary alicyclic amines) is 1. The number of hydrogen-bond donors (Lipinski definition) is 0. The number of pyridine rings is 1. The van der Waals surface area contributed by atoms with Gasteiger partial charge in [-0.3, -0.25) is 4.79 Å². The van der Waals surface area contributed by atoms with E-state index in [1.165, 1.54) is 0 Å². The molecule has 3 aromatic rings. The number of aromatic nitrogens is 3. The molecule has 4 rings (SSSR count). The molecule has 0 aliphatic carbocycles. The van der Waals surface area contributed by atoms with Gasteiger partial charge in [-0.15, -0.1) is 0 Å². The number of aryl methyl sites for hydroxylation is 1. The number of rotatable bonds is 5. The second-order valence-electron chi connectivity index (χ2n) is 7.81. The Bertz CT molecular complexity index is 1110. The van der Waals surface area contributed by atoms with E-state index < -0.39 is 0 Å². The van der Waals surface area contributed by atoms with Gasteiger partial charge in [-0.25, -0.2) is 15.0 Å². The molecule has 0 radical (unpaired) electrons. The lowest BCUT2D eigenvalue weighted by atomic mass is 9.86. The van der Waals surface area contributed by atoms with Crippen LogP contribution in [0.15, 0.2) is 48.9 Å².